The van der Waals surface area contributed by atoms with Gasteiger partial charge in [-0.3, -0.25) is 42.7 Å². The van der Waals surface area contributed by atoms with Gasteiger partial charge in [0.1, 0.15) is 23.9 Å². The van der Waals surface area contributed by atoms with Gasteiger partial charge in [0, 0.05) is 134 Å². The first kappa shape index (κ1) is 105. The maximum absolute atomic E-state index is 14.9. The van der Waals surface area contributed by atoms with Crippen LogP contribution in [0.5, 0.6) is 0 Å². The van der Waals surface area contributed by atoms with Crippen LogP contribution in [0.3, 0.4) is 0 Å². The van der Waals surface area contributed by atoms with Gasteiger partial charge in [-0.1, -0.05) is 186 Å². The lowest BCUT2D eigenvalue weighted by molar-refractivity contribution is -0.433. The molecule has 7 N–H and O–H groups in total. The van der Waals surface area contributed by atoms with Crippen molar-refractivity contribution in [3.8, 4) is 0 Å². The number of anilines is 2. The molecule has 8 aromatic rings. The Kier molecular flexibility index (Phi) is 33.0. The number of imide groups is 1. The molecule has 2 aliphatic carbocycles. The fourth-order valence-corrected chi connectivity index (χ4v) is 22.1. The maximum atomic E-state index is 14.9. The van der Waals surface area contributed by atoms with Crippen LogP contribution in [0, 0.1) is 10.8 Å². The summed E-state index contributed by atoms with van der Waals surface area (Å²) in [6.45, 7) is 28.7. The fourth-order valence-electron chi connectivity index (χ4n) is 21.3. The van der Waals surface area contributed by atoms with E-state index in [2.05, 4.69) is 275 Å². The van der Waals surface area contributed by atoms with E-state index in [1.165, 1.54) is 43.8 Å². The molecule has 7 aliphatic rings. The molecule has 2 unspecified atom stereocenters. The summed E-state index contributed by atoms with van der Waals surface area (Å²) in [5.41, 5.74) is 11.5. The zero-order chi connectivity index (χ0) is 96.9. The Hall–Kier alpha value is -11.1. The van der Waals surface area contributed by atoms with Crippen molar-refractivity contribution in [2.24, 2.45) is 10.8 Å². The smallest absolute Gasteiger partial charge is 0.333 e. The normalized spacial score (nSPS) is 20.2. The zero-order valence-corrected chi connectivity index (χ0v) is 86.0. The second kappa shape index (κ2) is 43.1. The number of carboxylic acid groups (broad SMARTS) is 1. The molecule has 0 spiro atoms. The zero-order valence-electron chi connectivity index (χ0n) is 80.1. The first-order valence-electron chi connectivity index (χ1n) is 47.1. The van der Waals surface area contributed by atoms with Gasteiger partial charge in [0.15, 0.2) is 11.4 Å². The van der Waals surface area contributed by atoms with Crippen LogP contribution in [-0.2, 0) is 85.1 Å². The lowest BCUT2D eigenvalue weighted by Crippen LogP contribution is -3.00. The lowest BCUT2D eigenvalue weighted by atomic mass is 9.70. The number of rotatable bonds is 33. The summed E-state index contributed by atoms with van der Waals surface area (Å²) in [6.07, 6.45) is 23.3. The standard InChI is InChI=1S/C56H63N5O9S.C52H60N4O7S.2HI/c1-7-59-43-25-23-39-16-11-13-18-41(39)50(43)54(3,4)45(59)27-21-37-34-38(22-28-46-55(5,6)51-42-19-14-12-17-40(42)24-26-44(51)60(46)8-2)36-56(35-37,53(66)58-32-33-71(67,68)69)52(65)57-31-15-9-10-20-49(64)70-61-47(62)29-30-48(61)63;1-7-55-41-25-23-37-16-11-13-18-39(37)46(41)50(3,4)43(55)27-21-35-32-36(22-28-44-51(5,6)47-40-19-14-12-17-38(40)24-26-42(47)56(44)8-2)34-52(33-35,49(60)54-30-31-64(61,62)63)48(59)53-29-15-9-10-20-45(57)58;;/h11-14,16-19,21-28,34H,7-10,15,20,29-33,35-36H2,1-6H3,(H2-,57,58,65,66,67,68,69);11-14,16-19,21-28,32H,7-10,15,20,29-31,33-34H2,1-6H3,(H3-,53,54,57,58,59,60,61,62,63);2*1H. The Morgan fingerprint density at radius 2 is 0.759 bits per heavy atom. The van der Waals surface area contributed by atoms with Gasteiger partial charge in [-0.05, 0) is 220 Å². The number of nitrogens with one attached hydrogen (secondary N) is 4. The number of aliphatic carboxylic acids is 1. The number of nitrogens with zero attached hydrogens (tertiary/aromatic N) is 5. The van der Waals surface area contributed by atoms with Gasteiger partial charge in [0.05, 0.1) is 22.3 Å². The number of hydroxylamine groups is 2. The molecular formula is C108H125I2N9O16S2. The summed E-state index contributed by atoms with van der Waals surface area (Å²) in [6, 6.07) is 50.8. The molecule has 8 aromatic carbocycles. The molecule has 1 fully saturated rings. The van der Waals surface area contributed by atoms with Gasteiger partial charge in [-0.2, -0.15) is 26.0 Å². The van der Waals surface area contributed by atoms with Crippen LogP contribution in [-0.4, -0.2) is 168 Å². The highest BCUT2D eigenvalue weighted by Crippen LogP contribution is 2.55. The van der Waals surface area contributed by atoms with Crippen molar-refractivity contribution in [3.05, 3.63) is 262 Å². The number of halogens is 2. The Morgan fingerprint density at radius 3 is 1.11 bits per heavy atom. The highest BCUT2D eigenvalue weighted by molar-refractivity contribution is 7.86. The number of allylic oxidation sites excluding steroid dienone is 16. The molecule has 6 amide bonds. The van der Waals surface area contributed by atoms with E-state index in [1.807, 2.05) is 54.6 Å². The Balaban J connectivity index is 0.000000244. The predicted molar refractivity (Wildman–Crippen MR) is 532 cm³/mol. The van der Waals surface area contributed by atoms with E-state index < -0.39 is 107 Å². The maximum Gasteiger partial charge on any atom is 0.333 e. The minimum atomic E-state index is -4.44. The number of hydrogen-bond donors (Lipinski definition) is 7. The van der Waals surface area contributed by atoms with Crippen LogP contribution >= 0.6 is 0 Å². The predicted octanol–water partition coefficient (Wildman–Crippen LogP) is 11.6. The van der Waals surface area contributed by atoms with Crippen LogP contribution in [0.15, 0.2) is 240 Å². The second-order valence-electron chi connectivity index (χ2n) is 38.2. The Morgan fingerprint density at radius 1 is 0.416 bits per heavy atom. The molecule has 0 saturated carbocycles. The van der Waals surface area contributed by atoms with Gasteiger partial charge in [-0.15, -0.1) is 5.06 Å². The van der Waals surface area contributed by atoms with Gasteiger partial charge in [0.25, 0.3) is 32.1 Å². The molecule has 137 heavy (non-hydrogen) atoms. The van der Waals surface area contributed by atoms with E-state index in [0.717, 1.165) is 91.3 Å². The SMILES string of the molecule is CCN1/C(=C/C=C2C=C(/C=C/C3=[N+](CC)c4ccc5ccccc5c4C3(C)C)CC(C(=O)NCCCCCC(=O)O)(C(=O)NCCS(=O)(=O)O)C/2)C(C)(C)c2c1ccc1ccccc21.CCN1/C(=C/C=C2C=C(/C=C/C3=[N+](CC)c4ccc5ccccc5c4C3(C)C)CC(C(=O)NCCCCCC(=O)ON3C(=O)CCC3=O)(C(=O)NCCS(=O)(=O)O)C/2)C(C)(C)c2c1ccc1ccccc21.[I-].[I-]. The molecule has 25 nitrogen and oxygen atoms in total. The van der Waals surface area contributed by atoms with Gasteiger partial charge in [0.2, 0.25) is 35.0 Å². The molecule has 0 aromatic heterocycles. The topological polar surface area (TPSA) is 339 Å². The number of hydrogen-bond acceptors (Lipinski definition) is 15. The number of carbonyl (C=O) groups excluding carboxylic acids is 7. The van der Waals surface area contributed by atoms with Crippen LogP contribution < -0.4 is 79.0 Å². The average molecular weight is 2120 g/mol. The first-order valence-corrected chi connectivity index (χ1v) is 50.3. The van der Waals surface area contributed by atoms with E-state index in [-0.39, 0.29) is 130 Å². The first-order chi connectivity index (χ1) is 64.2. The quantitative estimate of drug-likeness (QED) is 0.00502. The van der Waals surface area contributed by atoms with Crippen molar-refractivity contribution in [1.29, 1.82) is 0 Å². The van der Waals surface area contributed by atoms with Crippen molar-refractivity contribution < 1.29 is 131 Å². The number of carboxylic acids is 1. The van der Waals surface area contributed by atoms with Crippen molar-refractivity contribution >= 4 is 145 Å². The molecule has 5 heterocycles. The van der Waals surface area contributed by atoms with E-state index >= 15 is 0 Å². The number of carbonyl (C=O) groups is 8. The summed E-state index contributed by atoms with van der Waals surface area (Å²) < 4.78 is 71.0. The van der Waals surface area contributed by atoms with Crippen LogP contribution in [0.2, 0.25) is 0 Å². The van der Waals surface area contributed by atoms with Gasteiger partial charge < -0.3 is 89.0 Å². The summed E-state index contributed by atoms with van der Waals surface area (Å²) >= 11 is 0. The van der Waals surface area contributed by atoms with Crippen molar-refractivity contribution in [1.82, 2.24) is 26.3 Å². The molecule has 0 radical (unpaired) electrons. The van der Waals surface area contributed by atoms with Gasteiger partial charge in [-0.25, -0.2) is 4.79 Å². The highest BCUT2D eigenvalue weighted by atomic mass is 127. The van der Waals surface area contributed by atoms with Crippen molar-refractivity contribution in [2.45, 2.75) is 195 Å². The largest absolute Gasteiger partial charge is 1.00 e. The summed E-state index contributed by atoms with van der Waals surface area (Å²) in [7, 11) is -8.84. The molecule has 29 heteroatoms. The van der Waals surface area contributed by atoms with E-state index in [9.17, 15) is 64.3 Å². The van der Waals surface area contributed by atoms with Crippen molar-refractivity contribution in [2.75, 3.05) is 73.7 Å². The number of benzene rings is 8. The van der Waals surface area contributed by atoms with E-state index in [0.29, 0.717) is 67.8 Å². The number of amides is 6. The third-order valence-electron chi connectivity index (χ3n) is 27.8. The van der Waals surface area contributed by atoms with Crippen molar-refractivity contribution in [3.63, 3.8) is 0 Å². The molecule has 5 aliphatic heterocycles. The van der Waals surface area contributed by atoms with Crippen LogP contribution in [0.1, 0.15) is 195 Å². The molecule has 1 saturated heterocycles. The molecule has 15 rings (SSSR count). The minimum absolute atomic E-state index is 0. The number of unbranched alkanes of at least 4 members (excludes halogenated alkanes) is 4. The summed E-state index contributed by atoms with van der Waals surface area (Å²) in [5.74, 6) is -6.52. The number of fused-ring (bicyclic) bond motifs is 12. The second-order valence-corrected chi connectivity index (χ2v) is 41.3. The Bertz CT molecular complexity index is 6720. The van der Waals surface area contributed by atoms with E-state index in [1.54, 1.807) is 0 Å². The van der Waals surface area contributed by atoms with Crippen LogP contribution in [0.4, 0.5) is 22.7 Å². The molecule has 2 atom stereocenters. The average Bonchev–Trinajstić information content (AvgIpc) is 1.58. The summed E-state index contributed by atoms with van der Waals surface area (Å²) in [5, 5.41) is 30.3. The Labute approximate surface area is 837 Å². The minimum Gasteiger partial charge on any atom is -1.00 e. The molecular weight excluding hydrogens is 2000 g/mol. The third-order valence-corrected chi connectivity index (χ3v) is 29.2. The molecule has 724 valence electrons. The van der Waals surface area contributed by atoms with E-state index in [4.69, 9.17) is 9.94 Å². The fraction of sp³-hybridized carbons (Fsp3) is 0.389. The highest BCUT2D eigenvalue weighted by Gasteiger charge is 2.53. The summed E-state index contributed by atoms with van der Waals surface area (Å²) in [4.78, 5) is 116. The van der Waals surface area contributed by atoms with Gasteiger partial charge >= 0.3 is 11.9 Å². The third kappa shape index (κ3) is 21.8. The lowest BCUT2D eigenvalue weighted by Gasteiger charge is -2.35. The van der Waals surface area contributed by atoms with Crippen LogP contribution in [0.25, 0.3) is 43.1 Å². The molecule has 0 bridgehead atoms. The monoisotopic (exact) mass is 2120 g/mol. The number of likely N-dealkylation sites (N-methyl/N-ethyl adjacent to an activating group) is 2.